The lowest BCUT2D eigenvalue weighted by Crippen LogP contribution is -2.21. The molecule has 0 spiro atoms. The zero-order chi connectivity index (χ0) is 18.4. The maximum Gasteiger partial charge on any atom is 0.339 e. The van der Waals surface area contributed by atoms with Crippen molar-refractivity contribution in [3.63, 3.8) is 0 Å². The van der Waals surface area contributed by atoms with Gasteiger partial charge in [-0.15, -0.1) is 0 Å². The molecule has 0 aliphatic rings. The van der Waals surface area contributed by atoms with E-state index >= 15 is 0 Å². The van der Waals surface area contributed by atoms with Gasteiger partial charge < -0.3 is 10.1 Å². The maximum atomic E-state index is 12.2. The zero-order valence-corrected chi connectivity index (χ0v) is 15.4. The highest BCUT2D eigenvalue weighted by atomic mass is 35.5. The molecule has 25 heavy (non-hydrogen) atoms. The van der Waals surface area contributed by atoms with Gasteiger partial charge in [0.05, 0.1) is 32.0 Å². The fourth-order valence-electron chi connectivity index (χ4n) is 2.11. The lowest BCUT2D eigenvalue weighted by molar-refractivity contribution is -0.119. The molecule has 0 bridgehead atoms. The molecule has 0 saturated heterocycles. The van der Waals surface area contributed by atoms with Crippen molar-refractivity contribution in [3.05, 3.63) is 58.6 Å². The summed E-state index contributed by atoms with van der Waals surface area (Å²) in [6.45, 7) is 3.18. The number of esters is 1. The Morgan fingerprint density at radius 2 is 1.92 bits per heavy atom. The lowest BCUT2D eigenvalue weighted by atomic mass is 10.2. The summed E-state index contributed by atoms with van der Waals surface area (Å²) in [4.78, 5) is 24.5. The van der Waals surface area contributed by atoms with E-state index in [-0.39, 0.29) is 5.56 Å². The molecule has 7 heteroatoms. The average molecular weight is 380 g/mol. The van der Waals surface area contributed by atoms with Crippen LogP contribution in [0.3, 0.4) is 0 Å². The highest BCUT2D eigenvalue weighted by Gasteiger charge is 2.17. The third kappa shape index (κ3) is 5.14. The van der Waals surface area contributed by atoms with Gasteiger partial charge in [-0.2, -0.15) is 0 Å². The molecule has 0 heterocycles. The van der Waals surface area contributed by atoms with E-state index in [1.807, 2.05) is 13.0 Å². The maximum absolute atomic E-state index is 12.2. The predicted molar refractivity (Wildman–Crippen MR) is 98.5 cm³/mol. The number of nitrogens with one attached hydrogen (secondary N) is 1. The van der Waals surface area contributed by atoms with Gasteiger partial charge in [-0.1, -0.05) is 36.7 Å². The van der Waals surface area contributed by atoms with Crippen molar-refractivity contribution in [2.24, 2.45) is 0 Å². The van der Waals surface area contributed by atoms with Gasteiger partial charge in [0.25, 0.3) is 5.91 Å². The largest absolute Gasteiger partial charge is 0.452 e. The molecule has 5 nitrogen and oxygen atoms in total. The predicted octanol–water partition coefficient (Wildman–Crippen LogP) is 3.57. The number of rotatable bonds is 6. The standard InChI is InChI=1S/C18H18ClNO4S/c1-3-25(23)16-7-5-4-6-13(16)18(22)24-11-17(21)20-15-9-8-12(2)10-14(15)19/h4-10H,3,11H2,1-2H3,(H,20,21)/t25-/m0/s1. The molecule has 2 aromatic rings. The molecule has 2 rings (SSSR count). The van der Waals surface area contributed by atoms with Gasteiger partial charge in [-0.3, -0.25) is 9.00 Å². The molecule has 1 atom stereocenters. The Balaban J connectivity index is 2.00. The van der Waals surface area contributed by atoms with E-state index in [1.54, 1.807) is 37.3 Å². The SMILES string of the molecule is CC[S@](=O)c1ccccc1C(=O)OCC(=O)Nc1ccc(C)cc1Cl. The van der Waals surface area contributed by atoms with E-state index in [9.17, 15) is 13.8 Å². The molecule has 132 valence electrons. The van der Waals surface area contributed by atoms with Crippen LogP contribution in [-0.4, -0.2) is 28.4 Å². The van der Waals surface area contributed by atoms with Gasteiger partial charge in [-0.25, -0.2) is 4.79 Å². The molecule has 0 aliphatic heterocycles. The van der Waals surface area contributed by atoms with Gasteiger partial charge in [0, 0.05) is 5.75 Å². The number of hydrogen-bond donors (Lipinski definition) is 1. The molecule has 0 unspecified atom stereocenters. The first-order valence-electron chi connectivity index (χ1n) is 7.63. The Morgan fingerprint density at radius 3 is 2.60 bits per heavy atom. The second-order valence-electron chi connectivity index (χ2n) is 5.24. The van der Waals surface area contributed by atoms with Crippen LogP contribution in [0.15, 0.2) is 47.4 Å². The fourth-order valence-corrected chi connectivity index (χ4v) is 3.33. The molecule has 1 N–H and O–H groups in total. The zero-order valence-electron chi connectivity index (χ0n) is 13.9. The third-order valence-corrected chi connectivity index (χ3v) is 5.03. The number of benzene rings is 2. The number of amides is 1. The highest BCUT2D eigenvalue weighted by molar-refractivity contribution is 7.85. The molecular weight excluding hydrogens is 362 g/mol. The second-order valence-corrected chi connectivity index (χ2v) is 7.35. The minimum Gasteiger partial charge on any atom is -0.452 e. The second kappa shape index (κ2) is 8.78. The van der Waals surface area contributed by atoms with Crippen LogP contribution in [0.25, 0.3) is 0 Å². The Hall–Kier alpha value is -2.18. The summed E-state index contributed by atoms with van der Waals surface area (Å²) in [5, 5.41) is 2.99. The van der Waals surface area contributed by atoms with E-state index in [2.05, 4.69) is 5.32 Å². The summed E-state index contributed by atoms with van der Waals surface area (Å²) < 4.78 is 17.0. The Morgan fingerprint density at radius 1 is 1.20 bits per heavy atom. The van der Waals surface area contributed by atoms with Crippen LogP contribution in [0.1, 0.15) is 22.8 Å². The van der Waals surface area contributed by atoms with Crippen LogP contribution in [0.4, 0.5) is 5.69 Å². The van der Waals surface area contributed by atoms with E-state index < -0.39 is 29.3 Å². The van der Waals surface area contributed by atoms with Gasteiger partial charge in [0.1, 0.15) is 0 Å². The van der Waals surface area contributed by atoms with Crippen molar-refractivity contribution >= 4 is 40.0 Å². The van der Waals surface area contributed by atoms with Crippen molar-refractivity contribution in [1.82, 2.24) is 0 Å². The van der Waals surface area contributed by atoms with E-state index in [4.69, 9.17) is 16.3 Å². The van der Waals surface area contributed by atoms with Crippen molar-refractivity contribution in [3.8, 4) is 0 Å². The number of ether oxygens (including phenoxy) is 1. The smallest absolute Gasteiger partial charge is 0.339 e. The number of carbonyl (C=O) groups excluding carboxylic acids is 2. The van der Waals surface area contributed by atoms with Crippen LogP contribution < -0.4 is 5.32 Å². The van der Waals surface area contributed by atoms with Crippen LogP contribution in [0, 0.1) is 6.92 Å². The molecular formula is C18H18ClNO4S. The molecule has 0 saturated carbocycles. The van der Waals surface area contributed by atoms with E-state index in [0.717, 1.165) is 5.56 Å². The van der Waals surface area contributed by atoms with Gasteiger partial charge >= 0.3 is 5.97 Å². The first-order valence-corrected chi connectivity index (χ1v) is 9.32. The van der Waals surface area contributed by atoms with Crippen molar-refractivity contribution in [2.45, 2.75) is 18.7 Å². The van der Waals surface area contributed by atoms with Crippen LogP contribution in [0.2, 0.25) is 5.02 Å². The highest BCUT2D eigenvalue weighted by Crippen LogP contribution is 2.22. The van der Waals surface area contributed by atoms with Gasteiger partial charge in [0.15, 0.2) is 6.61 Å². The number of anilines is 1. The molecule has 0 aliphatic carbocycles. The summed E-state index contributed by atoms with van der Waals surface area (Å²) in [5.74, 6) is -0.813. The third-order valence-electron chi connectivity index (χ3n) is 3.35. The van der Waals surface area contributed by atoms with Crippen molar-refractivity contribution in [2.75, 3.05) is 17.7 Å². The molecule has 0 radical (unpaired) electrons. The summed E-state index contributed by atoms with van der Waals surface area (Å²) in [7, 11) is -1.29. The molecule has 2 aromatic carbocycles. The molecule has 1 amide bonds. The van der Waals surface area contributed by atoms with Gasteiger partial charge in [0.2, 0.25) is 0 Å². The summed E-state index contributed by atoms with van der Waals surface area (Å²) in [5.41, 5.74) is 1.61. The Kier molecular flexibility index (Phi) is 6.73. The first-order chi connectivity index (χ1) is 11.9. The quantitative estimate of drug-likeness (QED) is 0.779. The fraction of sp³-hybridized carbons (Fsp3) is 0.222. The topological polar surface area (TPSA) is 72.5 Å². The summed E-state index contributed by atoms with van der Waals surface area (Å²) >= 11 is 6.05. The monoisotopic (exact) mass is 379 g/mol. The molecule has 0 fully saturated rings. The van der Waals surface area contributed by atoms with E-state index in [1.165, 1.54) is 6.07 Å². The lowest BCUT2D eigenvalue weighted by Gasteiger charge is -2.10. The first kappa shape index (κ1) is 19.1. The van der Waals surface area contributed by atoms with Gasteiger partial charge in [-0.05, 0) is 36.8 Å². The number of carbonyl (C=O) groups is 2. The molecule has 0 aromatic heterocycles. The van der Waals surface area contributed by atoms with Crippen molar-refractivity contribution in [1.29, 1.82) is 0 Å². The number of aryl methyl sites for hydroxylation is 1. The minimum absolute atomic E-state index is 0.198. The Labute approximate surface area is 153 Å². The van der Waals surface area contributed by atoms with Crippen LogP contribution >= 0.6 is 11.6 Å². The normalized spacial score (nSPS) is 11.6. The number of hydrogen-bond acceptors (Lipinski definition) is 4. The van der Waals surface area contributed by atoms with Crippen molar-refractivity contribution < 1.29 is 18.5 Å². The van der Waals surface area contributed by atoms with E-state index in [0.29, 0.717) is 21.4 Å². The summed E-state index contributed by atoms with van der Waals surface area (Å²) in [6, 6.07) is 11.7. The van der Waals surface area contributed by atoms with Crippen LogP contribution in [-0.2, 0) is 20.3 Å². The minimum atomic E-state index is -1.29. The average Bonchev–Trinajstić information content (AvgIpc) is 2.61. The van der Waals surface area contributed by atoms with Crippen LogP contribution in [0.5, 0.6) is 0 Å². The summed E-state index contributed by atoms with van der Waals surface area (Å²) in [6.07, 6.45) is 0. The number of halogens is 1. The Bertz CT molecular complexity index is 822.